The summed E-state index contributed by atoms with van der Waals surface area (Å²) in [7, 11) is -5.73. The second-order valence-corrected chi connectivity index (χ2v) is 5.43. The van der Waals surface area contributed by atoms with Crippen molar-refractivity contribution in [3.63, 3.8) is 0 Å². The highest BCUT2D eigenvalue weighted by Crippen LogP contribution is 2.27. The molecule has 0 aliphatic carbocycles. The molecular weight excluding hydrogens is 299 g/mol. The number of halogens is 3. The average molecular weight is 311 g/mol. The third kappa shape index (κ3) is 4.72. The summed E-state index contributed by atoms with van der Waals surface area (Å²) < 4.78 is 62.6. The molecule has 0 fully saturated rings. The molecule has 1 amide bonds. The molecule has 0 spiro atoms. The number of carbonyl (C=O) groups is 1. The van der Waals surface area contributed by atoms with Gasteiger partial charge >= 0.3 is 15.6 Å². The molecule has 0 aromatic carbocycles. The van der Waals surface area contributed by atoms with Crippen molar-refractivity contribution in [3.8, 4) is 0 Å². The summed E-state index contributed by atoms with van der Waals surface area (Å²) >= 11 is 0. The first-order valence-corrected chi connectivity index (χ1v) is 6.89. The van der Waals surface area contributed by atoms with Crippen LogP contribution in [0.1, 0.15) is 13.3 Å². The average Bonchev–Trinajstić information content (AvgIpc) is 2.25. The van der Waals surface area contributed by atoms with E-state index in [1.165, 1.54) is 25.2 Å². The van der Waals surface area contributed by atoms with Crippen molar-refractivity contribution in [3.05, 3.63) is 36.1 Å². The topological polar surface area (TPSA) is 72.5 Å². The number of alkyl halides is 3. The van der Waals surface area contributed by atoms with E-state index < -0.39 is 33.3 Å². The van der Waals surface area contributed by atoms with E-state index in [-0.39, 0.29) is 6.42 Å². The Labute approximate surface area is 113 Å². The molecule has 1 unspecified atom stereocenters. The van der Waals surface area contributed by atoms with Crippen LogP contribution >= 0.6 is 0 Å². The van der Waals surface area contributed by atoms with Gasteiger partial charge in [-0.15, -0.1) is 0 Å². The Morgan fingerprint density at radius 2 is 1.90 bits per heavy atom. The molecule has 0 saturated heterocycles. The first-order chi connectivity index (χ1) is 9.12. The van der Waals surface area contributed by atoms with E-state index in [4.69, 9.17) is 0 Å². The standard InChI is InChI=1S/C11H12F3NO4S/c1-8-7-9(19-20(17,18)11(12,13)14)5-3-2-4-6-10(16)15-8/h3-8H,2H2,1H3,(H,15,16)/b5-3-,6-4-,9-7+. The summed E-state index contributed by atoms with van der Waals surface area (Å²) in [5.74, 6) is -0.951. The fourth-order valence-electron chi connectivity index (χ4n) is 1.28. The molecule has 1 heterocycles. The van der Waals surface area contributed by atoms with Gasteiger partial charge in [-0.25, -0.2) is 0 Å². The van der Waals surface area contributed by atoms with Crippen LogP contribution in [0, 0.1) is 0 Å². The Balaban J connectivity index is 3.02. The lowest BCUT2D eigenvalue weighted by Crippen LogP contribution is -2.30. The van der Waals surface area contributed by atoms with Gasteiger partial charge < -0.3 is 9.50 Å². The predicted molar refractivity (Wildman–Crippen MR) is 64.6 cm³/mol. The highest BCUT2D eigenvalue weighted by molar-refractivity contribution is 7.87. The van der Waals surface area contributed by atoms with Gasteiger partial charge in [0.15, 0.2) is 0 Å². The number of allylic oxidation sites excluding steroid dienone is 3. The minimum Gasteiger partial charge on any atom is -0.376 e. The first-order valence-electron chi connectivity index (χ1n) is 5.48. The Morgan fingerprint density at radius 1 is 1.30 bits per heavy atom. The zero-order valence-electron chi connectivity index (χ0n) is 10.3. The number of hydrogen-bond donors (Lipinski definition) is 1. The molecule has 1 rings (SSSR count). The van der Waals surface area contributed by atoms with Crippen LogP contribution < -0.4 is 5.32 Å². The van der Waals surface area contributed by atoms with E-state index in [0.717, 1.165) is 12.2 Å². The van der Waals surface area contributed by atoms with Crippen LogP contribution in [0.4, 0.5) is 13.2 Å². The number of rotatable bonds is 2. The van der Waals surface area contributed by atoms with Gasteiger partial charge in [0.1, 0.15) is 5.76 Å². The summed E-state index contributed by atoms with van der Waals surface area (Å²) in [5.41, 5.74) is -5.51. The van der Waals surface area contributed by atoms with Crippen molar-refractivity contribution in [2.45, 2.75) is 24.9 Å². The van der Waals surface area contributed by atoms with Crippen molar-refractivity contribution < 1.29 is 30.6 Å². The van der Waals surface area contributed by atoms with Crippen molar-refractivity contribution in [1.29, 1.82) is 0 Å². The molecule has 0 bridgehead atoms. The van der Waals surface area contributed by atoms with E-state index >= 15 is 0 Å². The summed E-state index contributed by atoms with van der Waals surface area (Å²) in [4.78, 5) is 11.3. The fraction of sp³-hybridized carbons (Fsp3) is 0.364. The SMILES string of the molecule is CC1/C=C(OS(=O)(=O)C(F)(F)F)\C=C/C/C=C\C(=O)N1. The van der Waals surface area contributed by atoms with Gasteiger partial charge in [0.2, 0.25) is 5.91 Å². The van der Waals surface area contributed by atoms with Crippen molar-refractivity contribution in [2.75, 3.05) is 0 Å². The summed E-state index contributed by atoms with van der Waals surface area (Å²) in [5, 5.41) is 2.41. The van der Waals surface area contributed by atoms with E-state index in [1.54, 1.807) is 0 Å². The van der Waals surface area contributed by atoms with Crippen molar-refractivity contribution >= 4 is 16.0 Å². The zero-order chi connectivity index (χ0) is 15.4. The Hall–Kier alpha value is -1.77. The Morgan fingerprint density at radius 3 is 2.50 bits per heavy atom. The normalized spacial score (nSPS) is 26.9. The minimum atomic E-state index is -5.73. The number of nitrogens with one attached hydrogen (secondary N) is 1. The van der Waals surface area contributed by atoms with Crippen molar-refractivity contribution in [2.24, 2.45) is 0 Å². The minimum absolute atomic E-state index is 0.245. The lowest BCUT2D eigenvalue weighted by molar-refractivity contribution is -0.116. The molecular formula is C11H12F3NO4S. The van der Waals surface area contributed by atoms with E-state index in [1.807, 2.05) is 0 Å². The summed E-state index contributed by atoms with van der Waals surface area (Å²) in [6.45, 7) is 1.46. The third-order valence-corrected chi connectivity index (χ3v) is 3.08. The maximum Gasteiger partial charge on any atom is 0.534 e. The smallest absolute Gasteiger partial charge is 0.376 e. The second kappa shape index (κ2) is 6.12. The maximum atomic E-state index is 12.2. The predicted octanol–water partition coefficient (Wildman–Crippen LogP) is 1.76. The van der Waals surface area contributed by atoms with Gasteiger partial charge in [0.05, 0.1) is 0 Å². The molecule has 5 nitrogen and oxygen atoms in total. The number of hydrogen-bond acceptors (Lipinski definition) is 4. The zero-order valence-corrected chi connectivity index (χ0v) is 11.2. The van der Waals surface area contributed by atoms with Crippen molar-refractivity contribution in [1.82, 2.24) is 5.32 Å². The van der Waals surface area contributed by atoms with Crippen LogP contribution in [0.15, 0.2) is 36.1 Å². The molecule has 0 radical (unpaired) electrons. The molecule has 1 aliphatic heterocycles. The molecule has 20 heavy (non-hydrogen) atoms. The first kappa shape index (κ1) is 16.3. The maximum absolute atomic E-state index is 12.2. The van der Waals surface area contributed by atoms with Gasteiger partial charge in [-0.3, -0.25) is 4.79 Å². The number of amides is 1. The molecule has 0 aromatic rings. The number of carbonyl (C=O) groups excluding carboxylic acids is 1. The van der Waals surface area contributed by atoms with Crippen LogP contribution in [0.25, 0.3) is 0 Å². The molecule has 1 aliphatic rings. The van der Waals surface area contributed by atoms with Crippen LogP contribution in [0.3, 0.4) is 0 Å². The van der Waals surface area contributed by atoms with E-state index in [0.29, 0.717) is 0 Å². The molecule has 0 aromatic heterocycles. The summed E-state index contributed by atoms with van der Waals surface area (Å²) in [6.07, 6.45) is 6.53. The van der Waals surface area contributed by atoms with Gasteiger partial charge in [-0.05, 0) is 31.6 Å². The Kier molecular flexibility index (Phi) is 4.98. The molecule has 9 heteroatoms. The quantitative estimate of drug-likeness (QED) is 0.623. The van der Waals surface area contributed by atoms with E-state index in [2.05, 4.69) is 9.50 Å². The highest BCUT2D eigenvalue weighted by atomic mass is 32.2. The van der Waals surface area contributed by atoms with E-state index in [9.17, 15) is 26.4 Å². The monoisotopic (exact) mass is 311 g/mol. The third-order valence-electron chi connectivity index (χ3n) is 2.10. The Bertz CT molecular complexity index is 561. The van der Waals surface area contributed by atoms with Crippen LogP contribution in [-0.2, 0) is 19.1 Å². The van der Waals surface area contributed by atoms with Crippen LogP contribution in [0.5, 0.6) is 0 Å². The van der Waals surface area contributed by atoms with Gasteiger partial charge in [-0.1, -0.05) is 12.2 Å². The highest BCUT2D eigenvalue weighted by Gasteiger charge is 2.48. The van der Waals surface area contributed by atoms with Gasteiger partial charge in [0, 0.05) is 6.04 Å². The fourth-order valence-corrected chi connectivity index (χ4v) is 1.74. The molecule has 112 valence electrons. The summed E-state index contributed by atoms with van der Waals surface area (Å²) in [6, 6.07) is -0.701. The second-order valence-electron chi connectivity index (χ2n) is 3.89. The van der Waals surface area contributed by atoms with Crippen LogP contribution in [-0.4, -0.2) is 25.9 Å². The molecule has 1 atom stereocenters. The van der Waals surface area contributed by atoms with Crippen LogP contribution in [0.2, 0.25) is 0 Å². The van der Waals surface area contributed by atoms with Gasteiger partial charge in [-0.2, -0.15) is 21.6 Å². The molecule has 0 saturated carbocycles. The molecule has 1 N–H and O–H groups in total. The van der Waals surface area contributed by atoms with Gasteiger partial charge in [0.25, 0.3) is 0 Å². The largest absolute Gasteiger partial charge is 0.534 e. The lowest BCUT2D eigenvalue weighted by Gasteiger charge is -2.13. The lowest BCUT2D eigenvalue weighted by atomic mass is 10.2.